The second-order valence-corrected chi connectivity index (χ2v) is 5.67. The van der Waals surface area contributed by atoms with Crippen LogP contribution in [0.25, 0.3) is 0 Å². The van der Waals surface area contributed by atoms with Gasteiger partial charge in [0.1, 0.15) is 0 Å². The lowest BCUT2D eigenvalue weighted by molar-refractivity contribution is -0.131. The highest BCUT2D eigenvalue weighted by Gasteiger charge is 2.15. The Labute approximate surface area is 123 Å². The zero-order chi connectivity index (χ0) is 13.9. The molecule has 1 heterocycles. The van der Waals surface area contributed by atoms with Crippen molar-refractivity contribution in [1.82, 2.24) is 9.47 Å². The van der Waals surface area contributed by atoms with Gasteiger partial charge < -0.3 is 15.2 Å². The third kappa shape index (κ3) is 4.33. The van der Waals surface area contributed by atoms with E-state index in [0.717, 1.165) is 10.6 Å². The van der Waals surface area contributed by atoms with E-state index < -0.39 is 0 Å². The summed E-state index contributed by atoms with van der Waals surface area (Å²) in [6, 6.07) is 0.0273. The molecule has 0 bridgehead atoms. The molecule has 0 saturated heterocycles. The van der Waals surface area contributed by atoms with Gasteiger partial charge in [-0.1, -0.05) is 11.3 Å². The third-order valence-corrected chi connectivity index (χ3v) is 4.32. The molecular weight excluding hydrogens is 286 g/mol. The molecule has 0 fully saturated rings. The maximum Gasteiger partial charge on any atom is 0.307 e. The maximum atomic E-state index is 11.9. The van der Waals surface area contributed by atoms with E-state index in [1.54, 1.807) is 16.5 Å². The van der Waals surface area contributed by atoms with Crippen LogP contribution in [0.2, 0.25) is 0 Å². The molecule has 0 aliphatic carbocycles. The summed E-state index contributed by atoms with van der Waals surface area (Å²) >= 11 is 1.23. The van der Waals surface area contributed by atoms with Crippen molar-refractivity contribution in [2.45, 2.75) is 39.8 Å². The fourth-order valence-corrected chi connectivity index (χ4v) is 2.49. The van der Waals surface area contributed by atoms with Gasteiger partial charge in [-0.05, 0) is 20.8 Å². The summed E-state index contributed by atoms with van der Waals surface area (Å²) < 4.78 is 1.67. The quantitative estimate of drug-likeness (QED) is 0.887. The Hall–Kier alpha value is -0.850. The number of halogens is 1. The molecule has 0 aromatic carbocycles. The molecule has 0 aliphatic rings. The molecule has 1 aromatic rings. The third-order valence-electron chi connectivity index (χ3n) is 3.32. The molecule has 110 valence electrons. The number of aryl methyl sites for hydroxylation is 1. The van der Waals surface area contributed by atoms with Crippen molar-refractivity contribution in [2.75, 3.05) is 13.6 Å². The number of rotatable bonds is 5. The Morgan fingerprint density at radius 2 is 2.05 bits per heavy atom. The largest absolute Gasteiger partial charge is 0.342 e. The maximum absolute atomic E-state index is 11.9. The van der Waals surface area contributed by atoms with Crippen molar-refractivity contribution in [2.24, 2.45) is 5.73 Å². The Morgan fingerprint density at radius 3 is 2.47 bits per heavy atom. The average molecular weight is 308 g/mol. The van der Waals surface area contributed by atoms with Gasteiger partial charge in [0.2, 0.25) is 5.91 Å². The van der Waals surface area contributed by atoms with E-state index in [2.05, 4.69) is 0 Å². The Kier molecular flexibility index (Phi) is 7.33. The highest BCUT2D eigenvalue weighted by Crippen LogP contribution is 2.10. The second-order valence-electron chi connectivity index (χ2n) is 4.50. The molecule has 19 heavy (non-hydrogen) atoms. The molecule has 0 saturated carbocycles. The van der Waals surface area contributed by atoms with E-state index in [-0.39, 0.29) is 29.2 Å². The normalized spacial score (nSPS) is 11.8. The molecule has 1 unspecified atom stereocenters. The van der Waals surface area contributed by atoms with Gasteiger partial charge in [-0.25, -0.2) is 0 Å². The molecule has 1 atom stereocenters. The minimum Gasteiger partial charge on any atom is -0.342 e. The fraction of sp³-hybridized carbons (Fsp3) is 0.667. The SMILES string of the molecule is Cc1sc(=O)n(CCC(=O)N(C)C(C)CN)c1C.Cl. The molecule has 1 amide bonds. The Balaban J connectivity index is 0.00000324. The highest BCUT2D eigenvalue weighted by atomic mass is 35.5. The summed E-state index contributed by atoms with van der Waals surface area (Å²) in [5.74, 6) is 0.0168. The van der Waals surface area contributed by atoms with Gasteiger partial charge >= 0.3 is 4.87 Å². The lowest BCUT2D eigenvalue weighted by Crippen LogP contribution is -2.40. The van der Waals surface area contributed by atoms with Crippen molar-refractivity contribution >= 4 is 29.7 Å². The number of carbonyl (C=O) groups excluding carboxylic acids is 1. The number of hydrogen-bond donors (Lipinski definition) is 1. The van der Waals surface area contributed by atoms with Crippen LogP contribution in [-0.4, -0.2) is 35.0 Å². The molecule has 2 N–H and O–H groups in total. The van der Waals surface area contributed by atoms with Crippen LogP contribution in [0.15, 0.2) is 4.79 Å². The zero-order valence-corrected chi connectivity index (χ0v) is 13.4. The number of carbonyl (C=O) groups is 1. The summed E-state index contributed by atoms with van der Waals surface area (Å²) in [6.07, 6.45) is 0.331. The van der Waals surface area contributed by atoms with E-state index in [1.807, 2.05) is 20.8 Å². The highest BCUT2D eigenvalue weighted by molar-refractivity contribution is 7.09. The first-order valence-corrected chi connectivity index (χ1v) is 6.82. The number of nitrogens with two attached hydrogens (primary N) is 1. The predicted molar refractivity (Wildman–Crippen MR) is 81.2 cm³/mol. The number of aromatic nitrogens is 1. The van der Waals surface area contributed by atoms with Gasteiger partial charge in [0, 0.05) is 43.2 Å². The van der Waals surface area contributed by atoms with Crippen molar-refractivity contribution in [3.8, 4) is 0 Å². The molecule has 1 aromatic heterocycles. The van der Waals surface area contributed by atoms with Crippen LogP contribution in [-0.2, 0) is 11.3 Å². The average Bonchev–Trinajstić information content (AvgIpc) is 2.59. The molecular formula is C12H22ClN3O2S. The second kappa shape index (κ2) is 7.67. The number of thiazole rings is 1. The number of hydrogen-bond acceptors (Lipinski definition) is 4. The lowest BCUT2D eigenvalue weighted by atomic mass is 10.2. The van der Waals surface area contributed by atoms with Crippen LogP contribution in [0.3, 0.4) is 0 Å². The summed E-state index contributed by atoms with van der Waals surface area (Å²) in [5.41, 5.74) is 6.47. The topological polar surface area (TPSA) is 68.3 Å². The monoisotopic (exact) mass is 307 g/mol. The Bertz CT molecular complexity index is 484. The number of likely N-dealkylation sites (N-methyl/N-ethyl adjacent to an activating group) is 1. The standard InChI is InChI=1S/C12H21N3O2S.ClH/c1-8(7-13)14(4)11(16)5-6-15-9(2)10(3)18-12(15)17;/h8H,5-7,13H2,1-4H3;1H. The first-order chi connectivity index (χ1) is 8.38. The molecule has 0 radical (unpaired) electrons. The predicted octanol–water partition coefficient (Wildman–Crippen LogP) is 1.14. The van der Waals surface area contributed by atoms with Gasteiger partial charge in [-0.15, -0.1) is 12.4 Å². The van der Waals surface area contributed by atoms with Gasteiger partial charge in [0.15, 0.2) is 0 Å². The molecule has 0 aliphatic heterocycles. The summed E-state index contributed by atoms with van der Waals surface area (Å²) in [4.78, 5) is 26.2. The Morgan fingerprint density at radius 1 is 1.47 bits per heavy atom. The van der Waals surface area contributed by atoms with Gasteiger partial charge in [-0.2, -0.15) is 0 Å². The van der Waals surface area contributed by atoms with Crippen LogP contribution < -0.4 is 10.6 Å². The van der Waals surface area contributed by atoms with Crippen molar-refractivity contribution in [3.05, 3.63) is 20.2 Å². The van der Waals surface area contributed by atoms with E-state index >= 15 is 0 Å². The number of nitrogens with zero attached hydrogens (tertiary/aromatic N) is 2. The molecule has 7 heteroatoms. The summed E-state index contributed by atoms with van der Waals surface area (Å²) in [5, 5.41) is 0. The first-order valence-electron chi connectivity index (χ1n) is 6.01. The minimum atomic E-state index is 0. The fourth-order valence-electron chi connectivity index (χ4n) is 1.63. The van der Waals surface area contributed by atoms with E-state index in [4.69, 9.17) is 5.73 Å². The molecule has 0 spiro atoms. The first kappa shape index (κ1) is 18.1. The lowest BCUT2D eigenvalue weighted by Gasteiger charge is -2.23. The van der Waals surface area contributed by atoms with Crippen LogP contribution in [0, 0.1) is 13.8 Å². The van der Waals surface area contributed by atoms with Gasteiger partial charge in [0.05, 0.1) is 0 Å². The van der Waals surface area contributed by atoms with E-state index in [1.165, 1.54) is 11.3 Å². The van der Waals surface area contributed by atoms with Crippen LogP contribution in [0.1, 0.15) is 23.9 Å². The van der Waals surface area contributed by atoms with E-state index in [0.29, 0.717) is 19.5 Å². The van der Waals surface area contributed by atoms with Crippen LogP contribution in [0.5, 0.6) is 0 Å². The zero-order valence-electron chi connectivity index (χ0n) is 11.8. The molecule has 1 rings (SSSR count). The number of amides is 1. The molecule has 5 nitrogen and oxygen atoms in total. The summed E-state index contributed by atoms with van der Waals surface area (Å²) in [6.45, 7) is 6.62. The van der Waals surface area contributed by atoms with Crippen molar-refractivity contribution < 1.29 is 4.79 Å². The van der Waals surface area contributed by atoms with Crippen LogP contribution >= 0.6 is 23.7 Å². The summed E-state index contributed by atoms with van der Waals surface area (Å²) in [7, 11) is 1.74. The van der Waals surface area contributed by atoms with Crippen LogP contribution in [0.4, 0.5) is 0 Å². The van der Waals surface area contributed by atoms with Gasteiger partial charge in [0.25, 0.3) is 0 Å². The minimum absolute atomic E-state index is 0. The van der Waals surface area contributed by atoms with Crippen molar-refractivity contribution in [3.63, 3.8) is 0 Å². The van der Waals surface area contributed by atoms with Gasteiger partial charge in [-0.3, -0.25) is 9.59 Å². The smallest absolute Gasteiger partial charge is 0.307 e. The van der Waals surface area contributed by atoms with Crippen molar-refractivity contribution in [1.29, 1.82) is 0 Å². The van der Waals surface area contributed by atoms with E-state index in [9.17, 15) is 9.59 Å².